The van der Waals surface area contributed by atoms with Gasteiger partial charge in [0.2, 0.25) is 10.0 Å². The number of benzene rings is 1. The number of ether oxygens (including phenoxy) is 1. The van der Waals surface area contributed by atoms with Crippen LogP contribution < -0.4 is 0 Å². The molecule has 26 heavy (non-hydrogen) atoms. The molecule has 0 radical (unpaired) electrons. The van der Waals surface area contributed by atoms with Crippen molar-refractivity contribution in [2.75, 3.05) is 39.4 Å². The Morgan fingerprint density at radius 3 is 2.27 bits per heavy atom. The van der Waals surface area contributed by atoms with Crippen LogP contribution in [0.5, 0.6) is 0 Å². The van der Waals surface area contributed by atoms with Gasteiger partial charge in [-0.3, -0.25) is 4.79 Å². The average Bonchev–Trinajstić information content (AvgIpc) is 2.67. The van der Waals surface area contributed by atoms with Gasteiger partial charge in [0, 0.05) is 31.7 Å². The molecule has 1 amide bonds. The molecule has 1 aliphatic rings. The minimum atomic E-state index is -3.63. The van der Waals surface area contributed by atoms with E-state index in [0.29, 0.717) is 51.4 Å². The smallest absolute Gasteiger partial charge is 0.253 e. The first-order chi connectivity index (χ1) is 12.5. The summed E-state index contributed by atoms with van der Waals surface area (Å²) in [5, 5.41) is 0. The van der Waals surface area contributed by atoms with Crippen molar-refractivity contribution in [2.24, 2.45) is 0 Å². The van der Waals surface area contributed by atoms with Crippen molar-refractivity contribution < 1.29 is 17.9 Å². The molecular weight excluding hydrogens is 352 g/mol. The number of amides is 1. The van der Waals surface area contributed by atoms with Gasteiger partial charge in [-0.05, 0) is 37.0 Å². The highest BCUT2D eigenvalue weighted by atomic mass is 32.2. The Bertz CT molecular complexity index is 706. The van der Waals surface area contributed by atoms with Crippen molar-refractivity contribution >= 4 is 15.9 Å². The van der Waals surface area contributed by atoms with Gasteiger partial charge in [-0.25, -0.2) is 8.42 Å². The molecule has 146 valence electrons. The number of rotatable bonds is 8. The minimum absolute atomic E-state index is 0.102. The van der Waals surface area contributed by atoms with E-state index in [1.807, 2.05) is 20.8 Å². The van der Waals surface area contributed by atoms with Gasteiger partial charge >= 0.3 is 0 Å². The van der Waals surface area contributed by atoms with Crippen LogP contribution in [0.1, 0.15) is 49.5 Å². The van der Waals surface area contributed by atoms with Crippen LogP contribution in [0.15, 0.2) is 23.1 Å². The van der Waals surface area contributed by atoms with Gasteiger partial charge in [0.1, 0.15) is 0 Å². The van der Waals surface area contributed by atoms with Crippen molar-refractivity contribution in [3.05, 3.63) is 29.3 Å². The average molecular weight is 383 g/mol. The van der Waals surface area contributed by atoms with Crippen LogP contribution in [-0.4, -0.2) is 62.9 Å². The van der Waals surface area contributed by atoms with Crippen LogP contribution in [0.25, 0.3) is 0 Å². The molecule has 1 heterocycles. The van der Waals surface area contributed by atoms with Crippen molar-refractivity contribution in [2.45, 2.75) is 44.9 Å². The molecule has 0 spiro atoms. The Balaban J connectivity index is 2.40. The Morgan fingerprint density at radius 1 is 1.12 bits per heavy atom. The standard InChI is InChI=1S/C19H30N2O4S/c1-4-9-20(10-5-2)19(22)17-8-7-16(6-3)18(15-17)26(23,24)21-11-13-25-14-12-21/h7-8,15H,4-6,9-14H2,1-3H3. The number of sulfonamides is 1. The first-order valence-corrected chi connectivity index (χ1v) is 10.9. The quantitative estimate of drug-likeness (QED) is 0.693. The Morgan fingerprint density at radius 2 is 1.73 bits per heavy atom. The highest BCUT2D eigenvalue weighted by Gasteiger charge is 2.29. The summed E-state index contributed by atoms with van der Waals surface area (Å²) in [7, 11) is -3.63. The molecule has 1 saturated heterocycles. The Labute approximate surface area is 157 Å². The maximum atomic E-state index is 13.1. The maximum Gasteiger partial charge on any atom is 0.253 e. The van der Waals surface area contributed by atoms with E-state index in [2.05, 4.69) is 0 Å². The number of aryl methyl sites for hydroxylation is 1. The van der Waals surface area contributed by atoms with Gasteiger partial charge in [-0.2, -0.15) is 4.31 Å². The van der Waals surface area contributed by atoms with Crippen molar-refractivity contribution in [1.82, 2.24) is 9.21 Å². The largest absolute Gasteiger partial charge is 0.379 e. The molecule has 0 atom stereocenters. The van der Waals surface area contributed by atoms with Gasteiger partial charge in [-0.15, -0.1) is 0 Å². The lowest BCUT2D eigenvalue weighted by atomic mass is 10.1. The van der Waals surface area contributed by atoms with Gasteiger partial charge < -0.3 is 9.64 Å². The lowest BCUT2D eigenvalue weighted by Crippen LogP contribution is -2.41. The first kappa shape index (κ1) is 20.9. The predicted octanol–water partition coefficient (Wildman–Crippen LogP) is 2.53. The number of morpholine rings is 1. The summed E-state index contributed by atoms with van der Waals surface area (Å²) in [4.78, 5) is 14.9. The third kappa shape index (κ3) is 4.64. The Hall–Kier alpha value is -1.44. The van der Waals surface area contributed by atoms with Gasteiger partial charge in [0.05, 0.1) is 18.1 Å². The molecule has 1 aromatic carbocycles. The fraction of sp³-hybridized carbons (Fsp3) is 0.632. The fourth-order valence-electron chi connectivity index (χ4n) is 3.18. The molecule has 1 fully saturated rings. The van der Waals surface area contributed by atoms with E-state index in [4.69, 9.17) is 4.74 Å². The topological polar surface area (TPSA) is 66.9 Å². The third-order valence-electron chi connectivity index (χ3n) is 4.56. The summed E-state index contributed by atoms with van der Waals surface area (Å²) in [6.45, 7) is 8.84. The molecule has 0 bridgehead atoms. The van der Waals surface area contributed by atoms with E-state index in [-0.39, 0.29) is 10.8 Å². The lowest BCUT2D eigenvalue weighted by Gasteiger charge is -2.27. The van der Waals surface area contributed by atoms with Crippen LogP contribution >= 0.6 is 0 Å². The van der Waals surface area contributed by atoms with E-state index in [1.165, 1.54) is 4.31 Å². The number of nitrogens with zero attached hydrogens (tertiary/aromatic N) is 2. The lowest BCUT2D eigenvalue weighted by molar-refractivity contribution is 0.0729. The molecule has 0 aliphatic carbocycles. The number of hydrogen-bond donors (Lipinski definition) is 0. The van der Waals surface area contributed by atoms with Crippen LogP contribution in [0.4, 0.5) is 0 Å². The molecule has 0 saturated carbocycles. The SMILES string of the molecule is CCCN(CCC)C(=O)c1ccc(CC)c(S(=O)(=O)N2CCOCC2)c1. The molecular formula is C19H30N2O4S. The van der Waals surface area contributed by atoms with Crippen molar-refractivity contribution in [3.8, 4) is 0 Å². The summed E-state index contributed by atoms with van der Waals surface area (Å²) in [5.41, 5.74) is 1.18. The highest BCUT2D eigenvalue weighted by Crippen LogP contribution is 2.24. The highest BCUT2D eigenvalue weighted by molar-refractivity contribution is 7.89. The second-order valence-electron chi connectivity index (χ2n) is 6.48. The molecule has 2 rings (SSSR count). The number of carbonyl (C=O) groups excluding carboxylic acids is 1. The van der Waals surface area contributed by atoms with Crippen LogP contribution in [-0.2, 0) is 21.2 Å². The molecule has 6 nitrogen and oxygen atoms in total. The second-order valence-corrected chi connectivity index (χ2v) is 8.39. The van der Waals surface area contributed by atoms with Crippen molar-refractivity contribution in [1.29, 1.82) is 0 Å². The molecule has 1 aliphatic heterocycles. The molecule has 7 heteroatoms. The molecule has 0 aromatic heterocycles. The van der Waals surface area contributed by atoms with Gasteiger partial charge in [-0.1, -0.05) is 26.8 Å². The summed E-state index contributed by atoms with van der Waals surface area (Å²) in [5.74, 6) is -0.102. The van der Waals surface area contributed by atoms with E-state index in [0.717, 1.165) is 18.4 Å². The Kier molecular flexibility index (Phi) is 7.61. The summed E-state index contributed by atoms with van der Waals surface area (Å²) >= 11 is 0. The monoisotopic (exact) mass is 382 g/mol. The van der Waals surface area contributed by atoms with Crippen LogP contribution in [0.2, 0.25) is 0 Å². The normalized spacial score (nSPS) is 15.8. The maximum absolute atomic E-state index is 13.1. The zero-order valence-electron chi connectivity index (χ0n) is 16.0. The summed E-state index contributed by atoms with van der Waals surface area (Å²) < 4.78 is 32.9. The van der Waals surface area contributed by atoms with E-state index in [9.17, 15) is 13.2 Å². The number of carbonyl (C=O) groups is 1. The fourth-order valence-corrected chi connectivity index (χ4v) is 4.91. The minimum Gasteiger partial charge on any atom is -0.379 e. The van der Waals surface area contributed by atoms with E-state index in [1.54, 1.807) is 23.1 Å². The predicted molar refractivity (Wildman–Crippen MR) is 102 cm³/mol. The first-order valence-electron chi connectivity index (χ1n) is 9.45. The van der Waals surface area contributed by atoms with Crippen LogP contribution in [0, 0.1) is 0 Å². The zero-order chi connectivity index (χ0) is 19.2. The van der Waals surface area contributed by atoms with Gasteiger partial charge in [0.25, 0.3) is 5.91 Å². The molecule has 1 aromatic rings. The summed E-state index contributed by atoms with van der Waals surface area (Å²) in [6, 6.07) is 5.08. The second kappa shape index (κ2) is 9.48. The number of hydrogen-bond acceptors (Lipinski definition) is 4. The van der Waals surface area contributed by atoms with Gasteiger partial charge in [0.15, 0.2) is 0 Å². The summed E-state index contributed by atoms with van der Waals surface area (Å²) in [6.07, 6.45) is 2.34. The van der Waals surface area contributed by atoms with Crippen molar-refractivity contribution in [3.63, 3.8) is 0 Å². The zero-order valence-corrected chi connectivity index (χ0v) is 16.8. The van der Waals surface area contributed by atoms with E-state index < -0.39 is 10.0 Å². The molecule has 0 unspecified atom stereocenters. The third-order valence-corrected chi connectivity index (χ3v) is 6.54. The van der Waals surface area contributed by atoms with Crippen LogP contribution in [0.3, 0.4) is 0 Å². The van der Waals surface area contributed by atoms with E-state index >= 15 is 0 Å². The molecule has 0 N–H and O–H groups in total.